The van der Waals surface area contributed by atoms with E-state index in [1.807, 2.05) is 0 Å². The van der Waals surface area contributed by atoms with Crippen molar-refractivity contribution in [3.8, 4) is 0 Å². The van der Waals surface area contributed by atoms with Gasteiger partial charge >= 0.3 is 127 Å². The Labute approximate surface area is 408 Å². The van der Waals surface area contributed by atoms with Crippen LogP contribution in [-0.2, 0) is 13.6 Å². The molecule has 0 atom stereocenters. The largest absolute Gasteiger partial charge is 0.472 e. The first kappa shape index (κ1) is 73.9. The number of phosphoric acid groups is 1. The fourth-order valence-electron chi connectivity index (χ4n) is 5.20. The molecule has 1 aliphatic heterocycles. The lowest BCUT2D eigenvalue weighted by atomic mass is 9.86. The fraction of sp³-hybridized carbons (Fsp3) is 1.00. The molecule has 1 saturated heterocycles. The first-order valence-electron chi connectivity index (χ1n) is 18.0. The normalized spacial score (nSPS) is 18.9. The minimum Gasteiger partial charge on any atom is -0.302 e. The van der Waals surface area contributed by atoms with Crippen LogP contribution in [0.2, 0.25) is 0 Å². The van der Waals surface area contributed by atoms with E-state index in [4.69, 9.17) is 0 Å². The molecule has 0 unspecified atom stereocenters. The van der Waals surface area contributed by atoms with Gasteiger partial charge in [0.25, 0.3) is 0 Å². The third-order valence-corrected chi connectivity index (χ3v) is 13.7. The van der Waals surface area contributed by atoms with Crippen molar-refractivity contribution in [2.45, 2.75) is 132 Å². The molecule has 1 aliphatic rings. The third kappa shape index (κ3) is 10.7. The van der Waals surface area contributed by atoms with Crippen molar-refractivity contribution >= 4 is 31.3 Å². The summed E-state index contributed by atoms with van der Waals surface area (Å²) in [6, 6.07) is 0. The lowest BCUT2D eigenvalue weighted by Crippen LogP contribution is -2.76. The van der Waals surface area contributed by atoms with E-state index < -0.39 is 205 Å². The Bertz CT molecular complexity index is 2000. The van der Waals surface area contributed by atoms with Gasteiger partial charge in [0.2, 0.25) is 0 Å². The van der Waals surface area contributed by atoms with Crippen molar-refractivity contribution in [2.75, 3.05) is 36.2 Å². The second-order valence-electron chi connectivity index (χ2n) is 15.7. The molecule has 0 bridgehead atoms. The molecular formula is C29H17F42O4PS2. The number of phosphoric ester groups is 1. The maximum Gasteiger partial charge on any atom is 0.472 e. The molecule has 0 amide bonds. The van der Waals surface area contributed by atoms with E-state index in [0.717, 1.165) is 0 Å². The third-order valence-electron chi connectivity index (χ3n) is 10.2. The molecule has 1 N–H and O–H groups in total. The topological polar surface area (TPSA) is 55.8 Å². The van der Waals surface area contributed by atoms with Crippen molar-refractivity contribution < 1.29 is 203 Å². The van der Waals surface area contributed by atoms with Gasteiger partial charge in [0, 0.05) is 29.8 Å². The highest BCUT2D eigenvalue weighted by molar-refractivity contribution is 8.00. The Kier molecular flexibility index (Phi) is 19.2. The summed E-state index contributed by atoms with van der Waals surface area (Å²) in [5.41, 5.74) is -2.64. The molecule has 1 fully saturated rings. The number of hydrogen-bond donors (Lipinski definition) is 1. The fourth-order valence-corrected chi connectivity index (χ4v) is 8.77. The average Bonchev–Trinajstić information content (AvgIpc) is 3.22. The van der Waals surface area contributed by atoms with Gasteiger partial charge in [0.1, 0.15) is 0 Å². The highest BCUT2D eigenvalue weighted by atomic mass is 32.2. The van der Waals surface area contributed by atoms with Gasteiger partial charge in [-0.1, -0.05) is 0 Å². The summed E-state index contributed by atoms with van der Waals surface area (Å²) >= 11 is -1.32. The molecule has 78 heavy (non-hydrogen) atoms. The molecule has 1 rings (SSSR count). The van der Waals surface area contributed by atoms with Crippen LogP contribution in [0.1, 0.15) is 12.8 Å². The molecule has 4 nitrogen and oxygen atoms in total. The van der Waals surface area contributed by atoms with Gasteiger partial charge in [-0.15, -0.1) is 0 Å². The Morgan fingerprint density at radius 1 is 0.308 bits per heavy atom. The van der Waals surface area contributed by atoms with Crippen LogP contribution in [0.5, 0.6) is 0 Å². The van der Waals surface area contributed by atoms with Crippen molar-refractivity contribution in [2.24, 2.45) is 5.41 Å². The Hall–Kier alpha value is -2.13. The van der Waals surface area contributed by atoms with Crippen molar-refractivity contribution in [3.05, 3.63) is 0 Å². The van der Waals surface area contributed by atoms with Crippen LogP contribution in [0.15, 0.2) is 0 Å². The quantitative estimate of drug-likeness (QED) is 0.0529. The summed E-state index contributed by atoms with van der Waals surface area (Å²) in [7, 11) is -5.38. The molecule has 0 saturated carbocycles. The maximum absolute atomic E-state index is 14.4. The molecule has 0 aromatic carbocycles. The average molecular weight is 1320 g/mol. The van der Waals surface area contributed by atoms with E-state index >= 15 is 0 Å². The van der Waals surface area contributed by atoms with Gasteiger partial charge in [-0.05, 0) is 11.5 Å². The molecule has 0 aliphatic carbocycles. The summed E-state index contributed by atoms with van der Waals surface area (Å²) in [6.07, 6.45) is -23.2. The number of halogens is 42. The van der Waals surface area contributed by atoms with Crippen molar-refractivity contribution in [1.82, 2.24) is 0 Å². The molecule has 0 spiro atoms. The molecule has 0 radical (unpaired) electrons. The molecule has 468 valence electrons. The summed E-state index contributed by atoms with van der Waals surface area (Å²) in [6.45, 7) is -3.25. The Balaban J connectivity index is 3.48. The molecular weight excluding hydrogens is 1310 g/mol. The summed E-state index contributed by atoms with van der Waals surface area (Å²) in [5, 5.41) is 0. The van der Waals surface area contributed by atoms with Crippen LogP contribution in [0.3, 0.4) is 0 Å². The minimum atomic E-state index is -9.53. The zero-order valence-electron chi connectivity index (χ0n) is 35.0. The lowest BCUT2D eigenvalue weighted by Gasteiger charge is -2.44. The van der Waals surface area contributed by atoms with Crippen LogP contribution < -0.4 is 0 Å². The van der Waals surface area contributed by atoms with Gasteiger partial charge < -0.3 is 4.89 Å². The van der Waals surface area contributed by atoms with E-state index in [1.54, 1.807) is 0 Å². The van der Waals surface area contributed by atoms with E-state index in [1.165, 1.54) is 0 Å². The Morgan fingerprint density at radius 2 is 0.474 bits per heavy atom. The molecule has 0 aromatic rings. The van der Waals surface area contributed by atoms with Crippen LogP contribution in [0.4, 0.5) is 184 Å². The van der Waals surface area contributed by atoms with Gasteiger partial charge in [0.05, 0.1) is 13.2 Å². The number of hydrogen-bond acceptors (Lipinski definition) is 5. The number of alkyl halides is 42. The van der Waals surface area contributed by atoms with Crippen LogP contribution >= 0.6 is 31.3 Å². The second-order valence-corrected chi connectivity index (χ2v) is 19.4. The zero-order chi connectivity index (χ0) is 63.5. The summed E-state index contributed by atoms with van der Waals surface area (Å²) < 4.78 is 594. The second kappa shape index (κ2) is 20.3. The standard InChI is InChI=1S/C29H17F42O4PS2/c30-10(31,12(34,35)14(38,39)16(42,43)18(46,47)20(50,51)22(54,55)24(58,59)26(62,63)28(66,67)68)1-3-77-7-9(5-74-76(72,73)75-6-9)8-78-4-2-11(32,33)13(36,37)15(40,41)17(44,45)19(48,49)21(52,53)23(56,57)25(60,61)27(64,65)29(69,70)71/h1-8H2,(H,72,73). The lowest BCUT2D eigenvalue weighted by molar-refractivity contribution is -0.474. The van der Waals surface area contributed by atoms with Crippen LogP contribution in [0, 0.1) is 5.41 Å². The van der Waals surface area contributed by atoms with Gasteiger partial charge in [0.15, 0.2) is 0 Å². The van der Waals surface area contributed by atoms with Gasteiger partial charge in [-0.3, -0.25) is 9.05 Å². The molecule has 49 heteroatoms. The van der Waals surface area contributed by atoms with Crippen molar-refractivity contribution in [1.29, 1.82) is 0 Å². The summed E-state index contributed by atoms with van der Waals surface area (Å²) in [5.74, 6) is -169. The van der Waals surface area contributed by atoms with E-state index in [2.05, 4.69) is 9.05 Å². The van der Waals surface area contributed by atoms with Gasteiger partial charge in [-0.25, -0.2) is 4.57 Å². The Morgan fingerprint density at radius 3 is 0.654 bits per heavy atom. The predicted octanol–water partition coefficient (Wildman–Crippen LogP) is 15.9. The summed E-state index contributed by atoms with van der Waals surface area (Å²) in [4.78, 5) is 9.30. The minimum absolute atomic E-state index is 0.661. The van der Waals surface area contributed by atoms with Crippen molar-refractivity contribution in [3.63, 3.8) is 0 Å². The highest BCUT2D eigenvalue weighted by Gasteiger charge is 3.00. The zero-order valence-corrected chi connectivity index (χ0v) is 37.5. The number of thioether (sulfide) groups is 2. The monoisotopic (exact) mass is 1320 g/mol. The molecule has 0 aromatic heterocycles. The number of rotatable bonds is 26. The predicted molar refractivity (Wildman–Crippen MR) is 169 cm³/mol. The SMILES string of the molecule is O=P1(O)OCC(CSCCC(F)(F)C(F)(F)C(F)(F)C(F)(F)C(F)(F)C(F)(F)C(F)(F)C(F)(F)C(F)(F)C(F)(F)F)(CSCCC(F)(F)C(F)(F)C(F)(F)C(F)(F)C(F)(F)C(F)(F)C(F)(F)C(F)(F)C(F)(F)C(F)(F)F)CO1. The van der Waals surface area contributed by atoms with Crippen LogP contribution in [-0.4, -0.2) is 160 Å². The van der Waals surface area contributed by atoms with Crippen LogP contribution in [0.25, 0.3) is 0 Å². The maximum atomic E-state index is 14.4. The first-order chi connectivity index (χ1) is 33.3. The smallest absolute Gasteiger partial charge is 0.302 e. The van der Waals surface area contributed by atoms with E-state index in [9.17, 15) is 194 Å². The van der Waals surface area contributed by atoms with Gasteiger partial charge in [-0.2, -0.15) is 208 Å². The highest BCUT2D eigenvalue weighted by Crippen LogP contribution is 2.69. The molecule has 1 heterocycles. The van der Waals surface area contributed by atoms with E-state index in [-0.39, 0.29) is 0 Å². The first-order valence-corrected chi connectivity index (χ1v) is 21.8. The van der Waals surface area contributed by atoms with E-state index in [0.29, 0.717) is 0 Å².